The number of rotatable bonds is 8. The summed E-state index contributed by atoms with van der Waals surface area (Å²) in [5.41, 5.74) is 5.63. The van der Waals surface area contributed by atoms with Gasteiger partial charge in [0.15, 0.2) is 11.0 Å². The maximum Gasteiger partial charge on any atom is 0.250 e. The number of carbonyl (C=O) groups is 1. The number of para-hydroxylation sites is 1. The summed E-state index contributed by atoms with van der Waals surface area (Å²) in [5.74, 6) is 1.38. The maximum atomic E-state index is 12.5. The van der Waals surface area contributed by atoms with Gasteiger partial charge in [-0.1, -0.05) is 42.1 Å². The Balaban J connectivity index is 1.52. The third kappa shape index (κ3) is 5.44. The molecule has 0 spiro atoms. The summed E-state index contributed by atoms with van der Waals surface area (Å²) in [4.78, 5) is 12.5. The van der Waals surface area contributed by atoms with Gasteiger partial charge in [0.05, 0.1) is 18.6 Å². The molecule has 0 bridgehead atoms. The van der Waals surface area contributed by atoms with Gasteiger partial charge in [-0.15, -0.1) is 10.2 Å². The van der Waals surface area contributed by atoms with Gasteiger partial charge in [-0.2, -0.15) is 5.10 Å². The largest absolute Gasteiger partial charge is 0.508 e. The van der Waals surface area contributed by atoms with Crippen LogP contribution in [0.2, 0.25) is 0 Å². The zero-order valence-corrected chi connectivity index (χ0v) is 19.5. The number of hydrogen-bond donors (Lipinski definition) is 2. The fraction of sp³-hybridized carbons (Fsp3) is 0.120. The SMILES string of the molecule is COc1ccc(-c2nnc(SCC(=O)N/N=C(/C)c3cccc(O)c3)n2-c2ccccc2)cc1. The third-order valence-corrected chi connectivity index (χ3v) is 5.87. The zero-order valence-electron chi connectivity index (χ0n) is 18.7. The Kier molecular flexibility index (Phi) is 7.24. The molecule has 34 heavy (non-hydrogen) atoms. The molecule has 1 aromatic heterocycles. The van der Waals surface area contributed by atoms with Gasteiger partial charge in [-0.25, -0.2) is 5.43 Å². The molecule has 1 heterocycles. The smallest absolute Gasteiger partial charge is 0.250 e. The van der Waals surface area contributed by atoms with Crippen LogP contribution >= 0.6 is 11.8 Å². The Morgan fingerprint density at radius 1 is 1.06 bits per heavy atom. The Hall–Kier alpha value is -4.11. The molecule has 1 amide bonds. The molecule has 172 valence electrons. The van der Waals surface area contributed by atoms with Crippen molar-refractivity contribution in [3.8, 4) is 28.6 Å². The quantitative estimate of drug-likeness (QED) is 0.225. The number of hydrazone groups is 1. The number of ether oxygens (including phenoxy) is 1. The van der Waals surface area contributed by atoms with Crippen LogP contribution in [0.15, 0.2) is 89.1 Å². The number of methoxy groups -OCH3 is 1. The lowest BCUT2D eigenvalue weighted by Gasteiger charge is -2.10. The number of phenols is 1. The first-order valence-electron chi connectivity index (χ1n) is 10.5. The van der Waals surface area contributed by atoms with Crippen LogP contribution in [-0.4, -0.2) is 44.4 Å². The van der Waals surface area contributed by atoms with Crippen molar-refractivity contribution in [3.63, 3.8) is 0 Å². The molecular weight excluding hydrogens is 450 g/mol. The van der Waals surface area contributed by atoms with Gasteiger partial charge >= 0.3 is 0 Å². The second-order valence-corrected chi connectivity index (χ2v) is 8.22. The monoisotopic (exact) mass is 473 g/mol. The lowest BCUT2D eigenvalue weighted by molar-refractivity contribution is -0.118. The molecule has 3 aromatic carbocycles. The molecule has 8 nitrogen and oxygen atoms in total. The number of benzene rings is 3. The molecule has 0 radical (unpaired) electrons. The van der Waals surface area contributed by atoms with E-state index in [1.807, 2.05) is 65.2 Å². The van der Waals surface area contributed by atoms with Crippen LogP contribution < -0.4 is 10.2 Å². The van der Waals surface area contributed by atoms with E-state index < -0.39 is 0 Å². The van der Waals surface area contributed by atoms with E-state index in [0.29, 0.717) is 16.7 Å². The molecule has 0 aliphatic heterocycles. The molecule has 0 saturated heterocycles. The highest BCUT2D eigenvalue weighted by molar-refractivity contribution is 7.99. The summed E-state index contributed by atoms with van der Waals surface area (Å²) in [5, 5.41) is 23.1. The van der Waals surface area contributed by atoms with Crippen molar-refractivity contribution in [3.05, 3.63) is 84.4 Å². The normalized spacial score (nSPS) is 11.3. The number of nitrogens with zero attached hydrogens (tertiary/aromatic N) is 4. The van der Waals surface area contributed by atoms with E-state index >= 15 is 0 Å². The Morgan fingerprint density at radius 3 is 2.53 bits per heavy atom. The molecule has 0 saturated carbocycles. The summed E-state index contributed by atoms with van der Waals surface area (Å²) in [6.07, 6.45) is 0. The molecular formula is C25H23N5O3S. The summed E-state index contributed by atoms with van der Waals surface area (Å²) >= 11 is 1.27. The first-order chi connectivity index (χ1) is 16.5. The number of phenolic OH excluding ortho intramolecular Hbond substituents is 1. The number of aromatic nitrogens is 3. The maximum absolute atomic E-state index is 12.5. The predicted molar refractivity (Wildman–Crippen MR) is 133 cm³/mol. The van der Waals surface area contributed by atoms with Gasteiger partial charge in [-0.3, -0.25) is 9.36 Å². The summed E-state index contributed by atoms with van der Waals surface area (Å²) in [6, 6.07) is 24.0. The highest BCUT2D eigenvalue weighted by Gasteiger charge is 2.17. The zero-order chi connectivity index (χ0) is 23.9. The number of amides is 1. The predicted octanol–water partition coefficient (Wildman–Crippen LogP) is 4.28. The molecule has 9 heteroatoms. The highest BCUT2D eigenvalue weighted by Crippen LogP contribution is 2.29. The number of carbonyl (C=O) groups excluding carboxylic acids is 1. The summed E-state index contributed by atoms with van der Waals surface area (Å²) in [7, 11) is 1.62. The van der Waals surface area contributed by atoms with Gasteiger partial charge in [0.1, 0.15) is 11.5 Å². The second kappa shape index (κ2) is 10.7. The van der Waals surface area contributed by atoms with Gasteiger partial charge in [0.2, 0.25) is 0 Å². The van der Waals surface area contributed by atoms with Crippen molar-refractivity contribution in [2.75, 3.05) is 12.9 Å². The van der Waals surface area contributed by atoms with Crippen LogP contribution in [0.5, 0.6) is 11.5 Å². The van der Waals surface area contributed by atoms with Crippen LogP contribution in [0.3, 0.4) is 0 Å². The van der Waals surface area contributed by atoms with Gasteiger partial charge in [-0.05, 0) is 55.5 Å². The van der Waals surface area contributed by atoms with Crippen LogP contribution in [-0.2, 0) is 4.79 Å². The van der Waals surface area contributed by atoms with E-state index in [4.69, 9.17) is 4.74 Å². The number of aromatic hydroxyl groups is 1. The van der Waals surface area contributed by atoms with E-state index in [-0.39, 0.29) is 17.4 Å². The molecule has 0 atom stereocenters. The van der Waals surface area contributed by atoms with Gasteiger partial charge in [0.25, 0.3) is 5.91 Å². The number of hydrogen-bond acceptors (Lipinski definition) is 7. The van der Waals surface area contributed by atoms with Gasteiger partial charge in [0, 0.05) is 16.8 Å². The minimum absolute atomic E-state index is 0.102. The van der Waals surface area contributed by atoms with Crippen molar-refractivity contribution in [2.45, 2.75) is 12.1 Å². The molecule has 0 fully saturated rings. The van der Waals surface area contributed by atoms with E-state index in [1.54, 1.807) is 32.2 Å². The standard InChI is InChI=1S/C25H23N5O3S/c1-17(19-7-6-10-21(31)15-19)26-27-23(32)16-34-25-29-28-24(18-11-13-22(33-2)14-12-18)30(25)20-8-4-3-5-9-20/h3-15,31H,16H2,1-2H3,(H,27,32)/b26-17-. The molecule has 4 aromatic rings. The van der Waals surface area contributed by atoms with Crippen LogP contribution in [0.25, 0.3) is 17.1 Å². The van der Waals surface area contributed by atoms with E-state index in [0.717, 1.165) is 22.6 Å². The second-order valence-electron chi connectivity index (χ2n) is 7.28. The summed E-state index contributed by atoms with van der Waals surface area (Å²) < 4.78 is 7.17. The van der Waals surface area contributed by atoms with Crippen molar-refractivity contribution in [2.24, 2.45) is 5.10 Å². The molecule has 2 N–H and O–H groups in total. The van der Waals surface area contributed by atoms with E-state index in [1.165, 1.54) is 11.8 Å². The number of nitrogens with one attached hydrogen (secondary N) is 1. The highest BCUT2D eigenvalue weighted by atomic mass is 32.2. The van der Waals surface area contributed by atoms with Gasteiger partial charge < -0.3 is 9.84 Å². The first-order valence-corrected chi connectivity index (χ1v) is 11.4. The Labute approximate surface area is 201 Å². The lowest BCUT2D eigenvalue weighted by atomic mass is 10.1. The topological polar surface area (TPSA) is 102 Å². The lowest BCUT2D eigenvalue weighted by Crippen LogP contribution is -2.21. The minimum atomic E-state index is -0.280. The van der Waals surface area contributed by atoms with Crippen molar-refractivity contribution >= 4 is 23.4 Å². The molecule has 0 aliphatic carbocycles. The van der Waals surface area contributed by atoms with E-state index in [2.05, 4.69) is 20.7 Å². The van der Waals surface area contributed by atoms with Crippen molar-refractivity contribution < 1.29 is 14.6 Å². The fourth-order valence-electron chi connectivity index (χ4n) is 3.20. The van der Waals surface area contributed by atoms with Crippen molar-refractivity contribution in [1.82, 2.24) is 20.2 Å². The average Bonchev–Trinajstić information content (AvgIpc) is 3.30. The first kappa shape index (κ1) is 23.1. The third-order valence-electron chi connectivity index (χ3n) is 4.94. The summed E-state index contributed by atoms with van der Waals surface area (Å²) in [6.45, 7) is 1.76. The van der Waals surface area contributed by atoms with E-state index in [9.17, 15) is 9.90 Å². The molecule has 0 unspecified atom stereocenters. The minimum Gasteiger partial charge on any atom is -0.508 e. The molecule has 4 rings (SSSR count). The molecule has 0 aliphatic rings. The van der Waals surface area contributed by atoms with Crippen LogP contribution in [0.4, 0.5) is 0 Å². The fourth-order valence-corrected chi connectivity index (χ4v) is 3.95. The Bertz CT molecular complexity index is 1300. The average molecular weight is 474 g/mol. The Morgan fingerprint density at radius 2 is 1.82 bits per heavy atom. The number of thioether (sulfide) groups is 1. The van der Waals surface area contributed by atoms with Crippen molar-refractivity contribution in [1.29, 1.82) is 0 Å². The van der Waals surface area contributed by atoms with Crippen LogP contribution in [0, 0.1) is 0 Å². The van der Waals surface area contributed by atoms with Crippen LogP contribution in [0.1, 0.15) is 12.5 Å².